The minimum absolute atomic E-state index is 0. The topological polar surface area (TPSA) is 81.0 Å². The van der Waals surface area contributed by atoms with E-state index < -0.39 is 17.5 Å². The highest BCUT2D eigenvalue weighted by atomic mass is 35.5. The Morgan fingerprint density at radius 2 is 1.57 bits per heavy atom. The van der Waals surface area contributed by atoms with Crippen molar-refractivity contribution in [3.05, 3.63) is 76.3 Å². The average Bonchev–Trinajstić information content (AvgIpc) is 3.10. The number of benzene rings is 2. The molecule has 0 saturated heterocycles. The average molecular weight is 825 g/mol. The normalized spacial score (nSPS) is 38.1. The molecular weight excluding hydrogens is 758 g/mol. The molecule has 56 heavy (non-hydrogen) atoms. The molecule has 2 aromatic rings. The summed E-state index contributed by atoms with van der Waals surface area (Å²) in [7, 11) is 4.21. The van der Waals surface area contributed by atoms with Gasteiger partial charge >= 0.3 is 5.97 Å². The van der Waals surface area contributed by atoms with Crippen molar-refractivity contribution < 1.29 is 20.1 Å². The second-order valence-electron chi connectivity index (χ2n) is 20.6. The fourth-order valence-corrected chi connectivity index (χ4v) is 14.5. The Hall–Kier alpha value is -1.80. The van der Waals surface area contributed by atoms with Gasteiger partial charge in [-0.2, -0.15) is 0 Å². The van der Waals surface area contributed by atoms with Gasteiger partial charge in [0.15, 0.2) is 0 Å². The number of halogens is 2. The molecule has 9 atom stereocenters. The van der Waals surface area contributed by atoms with Crippen molar-refractivity contribution in [1.29, 1.82) is 0 Å². The Labute approximate surface area is 352 Å². The number of aliphatic carboxylic acids is 1. The van der Waals surface area contributed by atoms with E-state index in [-0.39, 0.29) is 51.5 Å². The smallest absolute Gasteiger partial charge is 0.312 e. The number of nitrogens with zero attached hydrogens (tertiary/aromatic N) is 1. The van der Waals surface area contributed by atoms with Crippen LogP contribution in [0.1, 0.15) is 124 Å². The van der Waals surface area contributed by atoms with E-state index in [1.807, 2.05) is 17.8 Å². The molecule has 0 aromatic heterocycles. The first-order chi connectivity index (χ1) is 25.7. The van der Waals surface area contributed by atoms with Crippen molar-refractivity contribution in [2.24, 2.45) is 50.2 Å². The number of aliphatic hydroxyl groups excluding tert-OH is 2. The highest BCUT2D eigenvalue weighted by Gasteiger charge is 2.71. The Kier molecular flexibility index (Phi) is 12.0. The van der Waals surface area contributed by atoms with E-state index in [9.17, 15) is 20.1 Å². The minimum Gasteiger partial charge on any atom is -0.481 e. The number of rotatable bonds is 4. The molecule has 8 rings (SSSR count). The number of hydrogen-bond acceptors (Lipinski definition) is 5. The van der Waals surface area contributed by atoms with E-state index in [1.54, 1.807) is 0 Å². The predicted octanol–water partition coefficient (Wildman–Crippen LogP) is 11.8. The van der Waals surface area contributed by atoms with Crippen LogP contribution in [0.25, 0.3) is 5.57 Å². The summed E-state index contributed by atoms with van der Waals surface area (Å²) in [5.74, 6) is 0.0888. The largest absolute Gasteiger partial charge is 0.481 e. The molecule has 4 fully saturated rings. The second-order valence-corrected chi connectivity index (χ2v) is 22.1. The summed E-state index contributed by atoms with van der Waals surface area (Å²) in [5, 5.41) is 33.9. The lowest BCUT2D eigenvalue weighted by molar-refractivity contribution is -0.218. The maximum atomic E-state index is 12.8. The first-order valence-corrected chi connectivity index (χ1v) is 22.1. The Morgan fingerprint density at radius 3 is 2.27 bits per heavy atom. The van der Waals surface area contributed by atoms with Crippen LogP contribution in [0, 0.1) is 50.2 Å². The number of allylic oxidation sites excluding steroid dienone is 2. The van der Waals surface area contributed by atoms with Gasteiger partial charge < -0.3 is 20.2 Å². The van der Waals surface area contributed by atoms with Gasteiger partial charge in [0.2, 0.25) is 0 Å². The first-order valence-electron chi connectivity index (χ1n) is 20.9. The molecule has 0 bridgehead atoms. The second kappa shape index (κ2) is 15.3. The zero-order chi connectivity index (χ0) is 39.9. The summed E-state index contributed by atoms with van der Waals surface area (Å²) in [6.45, 7) is 17.5. The monoisotopic (exact) mass is 823 g/mol. The summed E-state index contributed by atoms with van der Waals surface area (Å²) >= 11 is 8.03. The fraction of sp³-hybridized carbons (Fsp3) is 0.646. The molecule has 4 saturated carbocycles. The number of carbonyl (C=O) groups is 1. The van der Waals surface area contributed by atoms with Crippen molar-refractivity contribution >= 4 is 47.3 Å². The molecule has 3 N–H and O–H groups in total. The number of aliphatic hydroxyl groups is 2. The van der Waals surface area contributed by atoms with Crippen LogP contribution in [0.3, 0.4) is 0 Å². The molecule has 5 aliphatic carbocycles. The zero-order valence-corrected chi connectivity index (χ0v) is 37.6. The summed E-state index contributed by atoms with van der Waals surface area (Å²) < 4.78 is 0. The molecule has 1 heterocycles. The Balaban J connectivity index is 0.000000208. The van der Waals surface area contributed by atoms with Crippen molar-refractivity contribution in [2.75, 3.05) is 20.6 Å². The van der Waals surface area contributed by atoms with E-state index >= 15 is 0 Å². The summed E-state index contributed by atoms with van der Waals surface area (Å²) in [4.78, 5) is 17.6. The van der Waals surface area contributed by atoms with Crippen molar-refractivity contribution in [3.8, 4) is 0 Å². The van der Waals surface area contributed by atoms with Crippen LogP contribution < -0.4 is 0 Å². The van der Waals surface area contributed by atoms with E-state index in [0.29, 0.717) is 24.7 Å². The van der Waals surface area contributed by atoms with Crippen LogP contribution in [0.2, 0.25) is 5.02 Å². The van der Waals surface area contributed by atoms with Gasteiger partial charge in [0.25, 0.3) is 0 Å². The van der Waals surface area contributed by atoms with Crippen molar-refractivity contribution in [2.45, 2.75) is 135 Å². The number of fused-ring (bicyclic) bond motifs is 9. The molecule has 0 spiro atoms. The Morgan fingerprint density at radius 1 is 0.875 bits per heavy atom. The molecule has 6 aliphatic rings. The molecular formula is C48H67Cl2NO4S. The van der Waals surface area contributed by atoms with Crippen LogP contribution >= 0.6 is 35.8 Å². The van der Waals surface area contributed by atoms with Crippen LogP contribution in [-0.4, -0.2) is 59.0 Å². The van der Waals surface area contributed by atoms with Crippen LogP contribution in [0.5, 0.6) is 0 Å². The van der Waals surface area contributed by atoms with E-state index in [1.165, 1.54) is 32.1 Å². The third kappa shape index (κ3) is 6.86. The predicted molar refractivity (Wildman–Crippen MR) is 234 cm³/mol. The lowest BCUT2D eigenvalue weighted by atomic mass is 9.33. The summed E-state index contributed by atoms with van der Waals surface area (Å²) in [6.07, 6.45) is 12.7. The fourth-order valence-electron chi connectivity index (χ4n) is 13.2. The third-order valence-electron chi connectivity index (χ3n) is 16.6. The van der Waals surface area contributed by atoms with Crippen LogP contribution in [0.15, 0.2) is 70.0 Å². The van der Waals surface area contributed by atoms with Crippen molar-refractivity contribution in [1.82, 2.24) is 4.90 Å². The Bertz CT molecular complexity index is 1890. The number of carboxylic acid groups (broad SMARTS) is 1. The van der Waals surface area contributed by atoms with E-state index in [4.69, 9.17) is 11.6 Å². The molecule has 0 amide bonds. The highest BCUT2D eigenvalue weighted by Crippen LogP contribution is 2.75. The van der Waals surface area contributed by atoms with Gasteiger partial charge in [-0.25, -0.2) is 0 Å². The van der Waals surface area contributed by atoms with Crippen LogP contribution in [0.4, 0.5) is 0 Å². The molecule has 1 aliphatic heterocycles. The number of carboxylic acids is 1. The van der Waals surface area contributed by atoms with Gasteiger partial charge in [-0.15, -0.1) is 12.4 Å². The van der Waals surface area contributed by atoms with Gasteiger partial charge in [-0.3, -0.25) is 4.79 Å². The SMILES string of the molecule is CC1(C)CCC2(C(=O)O)C(O)CC3(C)C(=CCC4C5(C)CCC(O)C(C)(C)C5CCC43C)C2C1.CN(C)CCC=C1c2ccccc2Sc2ccc(Cl)cc21.Cl. The summed E-state index contributed by atoms with van der Waals surface area (Å²) in [6, 6.07) is 14.8. The lowest BCUT2D eigenvalue weighted by Crippen LogP contribution is -2.67. The van der Waals surface area contributed by atoms with E-state index in [0.717, 1.165) is 62.9 Å². The zero-order valence-electron chi connectivity index (χ0n) is 35.3. The van der Waals surface area contributed by atoms with Gasteiger partial charge in [0, 0.05) is 21.4 Å². The lowest BCUT2D eigenvalue weighted by Gasteiger charge is -2.71. The van der Waals surface area contributed by atoms with E-state index in [2.05, 4.69) is 116 Å². The van der Waals surface area contributed by atoms with Gasteiger partial charge in [0.1, 0.15) is 5.41 Å². The molecule has 0 radical (unpaired) electrons. The van der Waals surface area contributed by atoms with Gasteiger partial charge in [-0.1, -0.05) is 108 Å². The number of hydrogen-bond donors (Lipinski definition) is 3. The quantitative estimate of drug-likeness (QED) is 0.227. The standard InChI is InChI=1S/C30H48O4.C18H18ClNS.ClH/c1-25(2)14-15-30(24(33)34)19(16-25)18-8-9-21-27(5)12-11-22(31)26(3,4)20(27)10-13-28(21,6)29(18,7)17-23(30)32;1-20(2)11-5-7-14-15-6-3-4-8-17(15)21-18-10-9-13(19)12-16(14)18;/h8,19-23,31-32H,9-17H2,1-7H3,(H,33,34);3-4,6-10,12H,5,11H2,1-2H3;1H. The molecule has 5 nitrogen and oxygen atoms in total. The molecule has 308 valence electrons. The van der Waals surface area contributed by atoms with Crippen LogP contribution in [-0.2, 0) is 4.79 Å². The minimum atomic E-state index is -1.04. The summed E-state index contributed by atoms with van der Waals surface area (Å²) in [5.41, 5.74) is 4.17. The molecule has 2 aromatic carbocycles. The van der Waals surface area contributed by atoms with Gasteiger partial charge in [-0.05, 0) is 164 Å². The van der Waals surface area contributed by atoms with Gasteiger partial charge in [0.05, 0.1) is 12.2 Å². The third-order valence-corrected chi connectivity index (χ3v) is 18.0. The first kappa shape index (κ1) is 43.8. The maximum absolute atomic E-state index is 12.8. The highest BCUT2D eigenvalue weighted by molar-refractivity contribution is 7.99. The molecule has 9 unspecified atom stereocenters. The van der Waals surface area contributed by atoms with Crippen molar-refractivity contribution in [3.63, 3.8) is 0 Å². The molecule has 8 heteroatoms. The maximum Gasteiger partial charge on any atom is 0.312 e.